The number of guanidine groups is 1. The van der Waals surface area contributed by atoms with Gasteiger partial charge in [-0.25, -0.2) is 0 Å². The highest BCUT2D eigenvalue weighted by atomic mass is 16.5. The molecule has 0 radical (unpaired) electrons. The molecule has 0 heterocycles. The van der Waals surface area contributed by atoms with Crippen molar-refractivity contribution in [2.45, 2.75) is 0 Å². The van der Waals surface area contributed by atoms with Gasteiger partial charge in [-0.15, -0.1) is 5.10 Å². The van der Waals surface area contributed by atoms with Crippen LogP contribution >= 0.6 is 0 Å². The van der Waals surface area contributed by atoms with Crippen molar-refractivity contribution in [3.63, 3.8) is 0 Å². The van der Waals surface area contributed by atoms with Crippen molar-refractivity contribution < 1.29 is 9.84 Å². The Morgan fingerprint density at radius 1 is 1.36 bits per heavy atom. The van der Waals surface area contributed by atoms with Gasteiger partial charge in [-0.1, -0.05) is 0 Å². The lowest BCUT2D eigenvalue weighted by Gasteiger charge is -1.96. The number of nitrogens with zero attached hydrogens (tertiary/aromatic N) is 1. The number of ether oxygens (including phenoxy) is 1. The molecule has 5 heteroatoms. The van der Waals surface area contributed by atoms with Crippen LogP contribution in [0.25, 0.3) is 0 Å². The maximum atomic E-state index is 5.13. The molecule has 0 spiro atoms. The second-order valence-corrected chi connectivity index (χ2v) is 2.58. The largest absolute Gasteiger partial charge is 0.497 e. The topological polar surface area (TPSA) is 87.6 Å². The number of methoxy groups -OCH3 is 1. The first-order valence-corrected chi connectivity index (χ1v) is 4.04. The van der Waals surface area contributed by atoms with E-state index < -0.39 is 0 Å². The van der Waals surface area contributed by atoms with Gasteiger partial charge >= 0.3 is 0 Å². The average molecular weight is 193 g/mol. The van der Waals surface area contributed by atoms with E-state index in [-0.39, 0.29) is 5.96 Å². The van der Waals surface area contributed by atoms with E-state index in [0.717, 1.165) is 11.3 Å². The molecule has 0 aromatic heterocycles. The SMILES string of the molecule is COc1ccc(C=[NH+]N=C(N)N)cc1. The van der Waals surface area contributed by atoms with E-state index in [0.29, 0.717) is 0 Å². The minimum Gasteiger partial charge on any atom is -0.497 e. The van der Waals surface area contributed by atoms with Crippen LogP contribution < -0.4 is 21.3 Å². The zero-order chi connectivity index (χ0) is 10.4. The standard InChI is InChI=1S/C9H12N4O/c1-14-8-4-2-7(3-5-8)6-12-13-9(10)11/h2-6H,1H3,(H4,10,11,13)/p+1. The molecule has 0 bridgehead atoms. The van der Waals surface area contributed by atoms with E-state index >= 15 is 0 Å². The predicted molar refractivity (Wildman–Crippen MR) is 54.9 cm³/mol. The number of nitrogens with two attached hydrogens (primary N) is 2. The molecule has 0 atom stereocenters. The minimum absolute atomic E-state index is 0.00485. The monoisotopic (exact) mass is 193 g/mol. The molecular weight excluding hydrogens is 180 g/mol. The van der Waals surface area contributed by atoms with Crippen molar-refractivity contribution in [2.24, 2.45) is 16.6 Å². The summed E-state index contributed by atoms with van der Waals surface area (Å²) in [6.45, 7) is 0. The van der Waals surface area contributed by atoms with Gasteiger partial charge in [-0.2, -0.15) is 0 Å². The molecule has 0 aliphatic heterocycles. The first kappa shape index (κ1) is 10.0. The molecule has 74 valence electrons. The second kappa shape index (κ2) is 4.86. The van der Waals surface area contributed by atoms with Crippen molar-refractivity contribution >= 4 is 12.2 Å². The zero-order valence-corrected chi connectivity index (χ0v) is 7.90. The summed E-state index contributed by atoms with van der Waals surface area (Å²) in [6, 6.07) is 7.47. The van der Waals surface area contributed by atoms with Gasteiger partial charge in [0.25, 0.3) is 5.96 Å². The Hall–Kier alpha value is -2.04. The molecule has 0 unspecified atom stereocenters. The van der Waals surface area contributed by atoms with Crippen molar-refractivity contribution in [2.75, 3.05) is 7.11 Å². The fourth-order valence-electron chi connectivity index (χ4n) is 0.881. The van der Waals surface area contributed by atoms with Crippen LogP contribution in [0.1, 0.15) is 5.56 Å². The fraction of sp³-hybridized carbons (Fsp3) is 0.111. The van der Waals surface area contributed by atoms with Crippen molar-refractivity contribution in [3.05, 3.63) is 29.8 Å². The zero-order valence-electron chi connectivity index (χ0n) is 7.90. The fourth-order valence-corrected chi connectivity index (χ4v) is 0.881. The summed E-state index contributed by atoms with van der Waals surface area (Å²) >= 11 is 0. The van der Waals surface area contributed by atoms with Crippen LogP contribution in [-0.4, -0.2) is 19.3 Å². The van der Waals surface area contributed by atoms with Crippen LogP contribution in [0.2, 0.25) is 0 Å². The highest BCUT2D eigenvalue weighted by molar-refractivity contribution is 5.77. The molecule has 5 nitrogen and oxygen atoms in total. The van der Waals surface area contributed by atoms with E-state index in [4.69, 9.17) is 16.2 Å². The summed E-state index contributed by atoms with van der Waals surface area (Å²) in [5.74, 6) is 0.804. The van der Waals surface area contributed by atoms with Gasteiger partial charge in [-0.05, 0) is 24.3 Å². The molecule has 5 N–H and O–H groups in total. The minimum atomic E-state index is -0.00485. The van der Waals surface area contributed by atoms with Crippen LogP contribution in [0.4, 0.5) is 0 Å². The normalized spacial score (nSPS) is 10.1. The Morgan fingerprint density at radius 3 is 2.50 bits per heavy atom. The van der Waals surface area contributed by atoms with E-state index in [9.17, 15) is 0 Å². The van der Waals surface area contributed by atoms with Crippen LogP contribution in [0.3, 0.4) is 0 Å². The third-order valence-corrected chi connectivity index (χ3v) is 1.54. The van der Waals surface area contributed by atoms with Crippen LogP contribution in [0.5, 0.6) is 5.75 Å². The summed E-state index contributed by atoms with van der Waals surface area (Å²) in [5.41, 5.74) is 11.2. The first-order valence-electron chi connectivity index (χ1n) is 4.04. The maximum absolute atomic E-state index is 5.13. The summed E-state index contributed by atoms with van der Waals surface area (Å²) in [4.78, 5) is 0. The Labute approximate surface area is 82.1 Å². The van der Waals surface area contributed by atoms with E-state index in [1.807, 2.05) is 24.3 Å². The van der Waals surface area contributed by atoms with Gasteiger partial charge in [0, 0.05) is 10.7 Å². The maximum Gasteiger partial charge on any atom is 0.256 e. The lowest BCUT2D eigenvalue weighted by atomic mass is 10.2. The van der Waals surface area contributed by atoms with Gasteiger partial charge < -0.3 is 16.2 Å². The molecule has 0 saturated carbocycles. The molecule has 1 aromatic rings. The predicted octanol–water partition coefficient (Wildman–Crippen LogP) is -1.62. The Bertz CT molecular complexity index is 338. The highest BCUT2D eigenvalue weighted by Crippen LogP contribution is 2.08. The van der Waals surface area contributed by atoms with E-state index in [2.05, 4.69) is 10.2 Å². The Morgan fingerprint density at radius 2 is 2.00 bits per heavy atom. The number of nitrogens with one attached hydrogen (secondary N) is 1. The average Bonchev–Trinajstić information content (AvgIpc) is 2.18. The molecule has 14 heavy (non-hydrogen) atoms. The molecule has 0 saturated heterocycles. The van der Waals surface area contributed by atoms with E-state index in [1.165, 1.54) is 0 Å². The van der Waals surface area contributed by atoms with Gasteiger partial charge in [0.15, 0.2) is 0 Å². The van der Waals surface area contributed by atoms with Gasteiger partial charge in [0.05, 0.1) is 7.11 Å². The number of hydrogen-bond donors (Lipinski definition) is 3. The van der Waals surface area contributed by atoms with Crippen LogP contribution in [0, 0.1) is 0 Å². The summed E-state index contributed by atoms with van der Waals surface area (Å²) in [6.07, 6.45) is 1.68. The molecule has 0 fully saturated rings. The van der Waals surface area contributed by atoms with Crippen LogP contribution in [-0.2, 0) is 0 Å². The highest BCUT2D eigenvalue weighted by Gasteiger charge is 1.92. The smallest absolute Gasteiger partial charge is 0.256 e. The third kappa shape index (κ3) is 3.14. The number of hydrogen-bond acceptors (Lipinski definition) is 2. The molecular formula is C9H13N4O+. The van der Waals surface area contributed by atoms with Crippen molar-refractivity contribution in [1.82, 2.24) is 0 Å². The van der Waals surface area contributed by atoms with Crippen LogP contribution in [0.15, 0.2) is 29.4 Å². The molecule has 0 aliphatic carbocycles. The van der Waals surface area contributed by atoms with Gasteiger partial charge in [0.1, 0.15) is 5.75 Å². The van der Waals surface area contributed by atoms with Crippen molar-refractivity contribution in [3.8, 4) is 5.75 Å². The lowest BCUT2D eigenvalue weighted by Crippen LogP contribution is -2.63. The quantitative estimate of drug-likeness (QED) is 0.306. The molecule has 0 aliphatic rings. The number of benzene rings is 1. The molecule has 0 amide bonds. The summed E-state index contributed by atoms with van der Waals surface area (Å²) in [7, 11) is 1.62. The van der Waals surface area contributed by atoms with Gasteiger partial charge in [0.2, 0.25) is 6.21 Å². The second-order valence-electron chi connectivity index (χ2n) is 2.58. The molecule has 1 aromatic carbocycles. The first-order chi connectivity index (χ1) is 6.72. The lowest BCUT2D eigenvalue weighted by molar-refractivity contribution is -0.456. The summed E-state index contributed by atoms with van der Waals surface area (Å²) in [5, 5.41) is 6.21. The number of hydrazone groups is 1. The summed E-state index contributed by atoms with van der Waals surface area (Å²) < 4.78 is 5.01. The van der Waals surface area contributed by atoms with E-state index in [1.54, 1.807) is 13.3 Å². The third-order valence-electron chi connectivity index (χ3n) is 1.54. The van der Waals surface area contributed by atoms with Gasteiger partial charge in [-0.3, -0.25) is 0 Å². The Kier molecular flexibility index (Phi) is 3.49. The molecule has 1 rings (SSSR count). The van der Waals surface area contributed by atoms with Crippen molar-refractivity contribution in [1.29, 1.82) is 0 Å². The Balaban J connectivity index is 2.69. The number of rotatable bonds is 3.